The molecule has 1 saturated heterocycles. The molecule has 1 heterocycles. The molecule has 4 unspecified atom stereocenters. The maximum absolute atomic E-state index is 12.9. The lowest BCUT2D eigenvalue weighted by molar-refractivity contribution is -0.148. The summed E-state index contributed by atoms with van der Waals surface area (Å²) < 4.78 is 15.9. The Morgan fingerprint density at radius 2 is 1.92 bits per heavy atom. The van der Waals surface area contributed by atoms with Crippen LogP contribution in [0.4, 0.5) is 0 Å². The Bertz CT molecular complexity index is 676. The van der Waals surface area contributed by atoms with E-state index in [4.69, 9.17) is 14.2 Å². The molecule has 1 N–H and O–H groups in total. The van der Waals surface area contributed by atoms with Gasteiger partial charge >= 0.3 is 5.97 Å². The normalized spacial score (nSPS) is 27.9. The summed E-state index contributed by atoms with van der Waals surface area (Å²) in [6.07, 6.45) is 0.786. The zero-order valence-corrected chi connectivity index (χ0v) is 14.6. The predicted octanol–water partition coefficient (Wildman–Crippen LogP) is 1.51. The van der Waals surface area contributed by atoms with Crippen LogP contribution in [0.25, 0.3) is 0 Å². The fourth-order valence-corrected chi connectivity index (χ4v) is 3.60. The molecule has 25 heavy (non-hydrogen) atoms. The second kappa shape index (κ2) is 6.92. The van der Waals surface area contributed by atoms with E-state index < -0.39 is 12.0 Å². The maximum Gasteiger partial charge on any atom is 0.326 e. The number of likely N-dealkylation sites (tertiary alicyclic amines) is 1. The van der Waals surface area contributed by atoms with Gasteiger partial charge in [-0.25, -0.2) is 4.79 Å². The second-order valence-electron chi connectivity index (χ2n) is 6.49. The minimum absolute atomic E-state index is 0.0218. The molecule has 136 valence electrons. The van der Waals surface area contributed by atoms with Gasteiger partial charge in [0.2, 0.25) is 5.91 Å². The molecule has 2 aliphatic rings. The molecule has 4 atom stereocenters. The molecule has 0 bridgehead atoms. The molecule has 1 aromatic rings. The molecule has 0 radical (unpaired) electrons. The van der Waals surface area contributed by atoms with Gasteiger partial charge in [0, 0.05) is 37.5 Å². The topological polar surface area (TPSA) is 85.3 Å². The van der Waals surface area contributed by atoms with Crippen LogP contribution < -0.4 is 9.47 Å². The van der Waals surface area contributed by atoms with Crippen LogP contribution in [0.5, 0.6) is 11.5 Å². The third-order valence-electron chi connectivity index (χ3n) is 5.11. The molecule has 1 saturated carbocycles. The number of carbonyl (C=O) groups is 2. The Labute approximate surface area is 146 Å². The summed E-state index contributed by atoms with van der Waals surface area (Å²) in [6.45, 7) is 0.324. The maximum atomic E-state index is 12.9. The largest absolute Gasteiger partial charge is 0.497 e. The summed E-state index contributed by atoms with van der Waals surface area (Å²) in [7, 11) is 4.72. The molecule has 1 amide bonds. The van der Waals surface area contributed by atoms with Crippen LogP contribution in [-0.2, 0) is 14.3 Å². The Hall–Kier alpha value is -2.28. The molecular formula is C18H23NO6. The zero-order valence-electron chi connectivity index (χ0n) is 14.6. The number of carboxylic acids is 1. The smallest absolute Gasteiger partial charge is 0.326 e. The summed E-state index contributed by atoms with van der Waals surface area (Å²) >= 11 is 0. The number of benzene rings is 1. The quantitative estimate of drug-likeness (QED) is 0.838. The van der Waals surface area contributed by atoms with Crippen LogP contribution in [0.1, 0.15) is 24.3 Å². The first-order valence-corrected chi connectivity index (χ1v) is 8.28. The number of hydrogen-bond acceptors (Lipinski definition) is 5. The van der Waals surface area contributed by atoms with Gasteiger partial charge in [-0.2, -0.15) is 0 Å². The van der Waals surface area contributed by atoms with E-state index in [0.29, 0.717) is 30.9 Å². The van der Waals surface area contributed by atoms with Crippen LogP contribution in [0.3, 0.4) is 0 Å². The van der Waals surface area contributed by atoms with Crippen LogP contribution in [-0.4, -0.2) is 61.9 Å². The number of amides is 1. The van der Waals surface area contributed by atoms with Crippen molar-refractivity contribution in [1.82, 2.24) is 4.90 Å². The molecule has 7 nitrogen and oxygen atoms in total. The average molecular weight is 349 g/mol. The lowest BCUT2D eigenvalue weighted by atomic mass is 10.1. The molecule has 0 aromatic heterocycles. The first-order chi connectivity index (χ1) is 12.0. The summed E-state index contributed by atoms with van der Waals surface area (Å²) in [5.74, 6) is 0.114. The molecule has 1 aromatic carbocycles. The van der Waals surface area contributed by atoms with Gasteiger partial charge < -0.3 is 24.2 Å². The summed E-state index contributed by atoms with van der Waals surface area (Å²) in [5.41, 5.74) is 0.926. The standard InChI is InChI=1S/C18H23NO6/c1-23-10-4-5-16(25-3)13(6-10)12-8-14(12)17(20)19-9-11(24-2)7-15(19)18(21)22/h4-6,11-12,14-15H,7-9H2,1-3H3,(H,21,22). The minimum atomic E-state index is -0.982. The van der Waals surface area contributed by atoms with Gasteiger partial charge in [-0.15, -0.1) is 0 Å². The van der Waals surface area contributed by atoms with E-state index in [2.05, 4.69) is 0 Å². The summed E-state index contributed by atoms with van der Waals surface area (Å²) in [5, 5.41) is 9.40. The van der Waals surface area contributed by atoms with Crippen LogP contribution >= 0.6 is 0 Å². The number of carboxylic acid groups (broad SMARTS) is 1. The SMILES string of the molecule is COc1ccc(OC)c(C2CC2C(=O)N2CC(OC)CC2C(=O)O)c1. The first kappa shape index (κ1) is 17.5. The van der Waals surface area contributed by atoms with E-state index in [1.807, 2.05) is 18.2 Å². The molecular weight excluding hydrogens is 326 g/mol. The highest BCUT2D eigenvalue weighted by atomic mass is 16.5. The number of carbonyl (C=O) groups excluding carboxylic acids is 1. The van der Waals surface area contributed by atoms with Gasteiger partial charge in [-0.3, -0.25) is 4.79 Å². The monoisotopic (exact) mass is 349 g/mol. The molecule has 3 rings (SSSR count). The Morgan fingerprint density at radius 1 is 1.16 bits per heavy atom. The van der Waals surface area contributed by atoms with Crippen molar-refractivity contribution in [3.63, 3.8) is 0 Å². The van der Waals surface area contributed by atoms with Gasteiger partial charge in [0.15, 0.2) is 0 Å². The summed E-state index contributed by atoms with van der Waals surface area (Å²) in [4.78, 5) is 25.8. The molecule has 0 spiro atoms. The fraction of sp³-hybridized carbons (Fsp3) is 0.556. The van der Waals surface area contributed by atoms with E-state index >= 15 is 0 Å². The number of nitrogens with zero attached hydrogens (tertiary/aromatic N) is 1. The molecule has 1 aliphatic heterocycles. The Kier molecular flexibility index (Phi) is 4.85. The van der Waals surface area contributed by atoms with Gasteiger partial charge in [-0.05, 0) is 24.6 Å². The third kappa shape index (κ3) is 3.28. The van der Waals surface area contributed by atoms with Gasteiger partial charge in [0.1, 0.15) is 17.5 Å². The van der Waals surface area contributed by atoms with Crippen LogP contribution in [0, 0.1) is 5.92 Å². The highest BCUT2D eigenvalue weighted by Crippen LogP contribution is 2.52. The van der Waals surface area contributed by atoms with Crippen molar-refractivity contribution in [1.29, 1.82) is 0 Å². The fourth-order valence-electron chi connectivity index (χ4n) is 3.60. The van der Waals surface area contributed by atoms with E-state index in [1.165, 1.54) is 4.90 Å². The number of methoxy groups -OCH3 is 3. The van der Waals surface area contributed by atoms with Crippen molar-refractivity contribution < 1.29 is 28.9 Å². The lowest BCUT2D eigenvalue weighted by Crippen LogP contribution is -2.41. The molecule has 2 fully saturated rings. The van der Waals surface area contributed by atoms with Crippen molar-refractivity contribution in [2.45, 2.75) is 30.9 Å². The van der Waals surface area contributed by atoms with Gasteiger partial charge in [0.05, 0.1) is 20.3 Å². The third-order valence-corrected chi connectivity index (χ3v) is 5.11. The van der Waals surface area contributed by atoms with Crippen molar-refractivity contribution >= 4 is 11.9 Å². The van der Waals surface area contributed by atoms with Crippen molar-refractivity contribution in [3.05, 3.63) is 23.8 Å². The first-order valence-electron chi connectivity index (χ1n) is 8.28. The second-order valence-corrected chi connectivity index (χ2v) is 6.49. The zero-order chi connectivity index (χ0) is 18.1. The van der Waals surface area contributed by atoms with Crippen LogP contribution in [0.15, 0.2) is 18.2 Å². The number of aliphatic carboxylic acids is 1. The van der Waals surface area contributed by atoms with Crippen LogP contribution in [0.2, 0.25) is 0 Å². The highest BCUT2D eigenvalue weighted by molar-refractivity contribution is 5.88. The number of hydrogen-bond donors (Lipinski definition) is 1. The number of ether oxygens (including phenoxy) is 3. The Balaban J connectivity index is 1.77. The van der Waals surface area contributed by atoms with Crippen molar-refractivity contribution in [3.8, 4) is 11.5 Å². The van der Waals surface area contributed by atoms with E-state index in [-0.39, 0.29) is 23.8 Å². The highest BCUT2D eigenvalue weighted by Gasteiger charge is 2.51. The molecule has 7 heteroatoms. The van der Waals surface area contributed by atoms with Gasteiger partial charge in [0.25, 0.3) is 0 Å². The predicted molar refractivity (Wildman–Crippen MR) is 88.9 cm³/mol. The minimum Gasteiger partial charge on any atom is -0.497 e. The van der Waals surface area contributed by atoms with Crippen molar-refractivity contribution in [2.24, 2.45) is 5.92 Å². The summed E-state index contributed by atoms with van der Waals surface area (Å²) in [6, 6.07) is 4.70. The van der Waals surface area contributed by atoms with E-state index in [9.17, 15) is 14.7 Å². The van der Waals surface area contributed by atoms with E-state index in [0.717, 1.165) is 5.56 Å². The van der Waals surface area contributed by atoms with Gasteiger partial charge in [-0.1, -0.05) is 0 Å². The van der Waals surface area contributed by atoms with E-state index in [1.54, 1.807) is 21.3 Å². The Morgan fingerprint density at radius 3 is 2.52 bits per heavy atom. The lowest BCUT2D eigenvalue weighted by Gasteiger charge is -2.21. The average Bonchev–Trinajstić information content (AvgIpc) is 3.30. The molecule has 1 aliphatic carbocycles. The van der Waals surface area contributed by atoms with Crippen molar-refractivity contribution in [2.75, 3.05) is 27.9 Å². The number of rotatable bonds is 6.